The lowest BCUT2D eigenvalue weighted by atomic mass is 10.0. The Bertz CT molecular complexity index is 1410. The van der Waals surface area contributed by atoms with Gasteiger partial charge in [-0.05, 0) is 73.7 Å². The van der Waals surface area contributed by atoms with E-state index in [0.29, 0.717) is 50.9 Å². The number of pyridine rings is 1. The molecule has 8 heteroatoms. The van der Waals surface area contributed by atoms with Gasteiger partial charge < -0.3 is 19.4 Å². The van der Waals surface area contributed by atoms with Gasteiger partial charge in [0.25, 0.3) is 0 Å². The second-order valence-electron chi connectivity index (χ2n) is 8.68. The minimum absolute atomic E-state index is 0.166. The average molecular weight is 507 g/mol. The number of aromatic nitrogens is 1. The van der Waals surface area contributed by atoms with Crippen molar-refractivity contribution in [3.05, 3.63) is 87.5 Å². The van der Waals surface area contributed by atoms with Crippen LogP contribution in [-0.4, -0.2) is 54.3 Å². The summed E-state index contributed by atoms with van der Waals surface area (Å²) in [7, 11) is 0. The molecule has 1 N–H and O–H groups in total. The molecule has 0 aliphatic carbocycles. The fourth-order valence-electron chi connectivity index (χ4n) is 4.34. The van der Waals surface area contributed by atoms with Crippen LogP contribution in [0.4, 0.5) is 0 Å². The van der Waals surface area contributed by atoms with E-state index < -0.39 is 0 Å². The van der Waals surface area contributed by atoms with Crippen LogP contribution in [0, 0.1) is 6.92 Å². The number of benzene rings is 3. The Hall–Kier alpha value is -3.52. The van der Waals surface area contributed by atoms with Crippen LogP contribution in [-0.2, 0) is 4.74 Å². The third-order valence-corrected chi connectivity index (χ3v) is 6.54. The lowest BCUT2D eigenvalue weighted by molar-refractivity contribution is 0.0322. The molecule has 0 spiro atoms. The maximum atomic E-state index is 12.9. The van der Waals surface area contributed by atoms with Gasteiger partial charge in [0.2, 0.25) is 0 Å². The minimum atomic E-state index is -0.166. The van der Waals surface area contributed by atoms with Gasteiger partial charge in [-0.2, -0.15) is 4.73 Å². The Morgan fingerprint density at radius 3 is 2.28 bits per heavy atom. The molecule has 0 atom stereocenters. The van der Waals surface area contributed by atoms with Crippen molar-refractivity contribution in [1.29, 1.82) is 0 Å². The summed E-state index contributed by atoms with van der Waals surface area (Å²) in [4.78, 5) is 15.2. The fourth-order valence-corrected chi connectivity index (χ4v) is 4.51. The van der Waals surface area contributed by atoms with Crippen molar-refractivity contribution in [2.24, 2.45) is 0 Å². The lowest BCUT2D eigenvalue weighted by Crippen LogP contribution is -2.38. The first-order valence-corrected chi connectivity index (χ1v) is 12.2. The van der Waals surface area contributed by atoms with Crippen LogP contribution in [0.25, 0.3) is 22.2 Å². The van der Waals surface area contributed by atoms with Crippen LogP contribution in [0.3, 0.4) is 0 Å². The summed E-state index contributed by atoms with van der Waals surface area (Å²) in [6, 6.07) is 19.6. The summed E-state index contributed by atoms with van der Waals surface area (Å²) in [5, 5.41) is 11.7. The molecule has 1 aliphatic rings. The number of ether oxygens (including phenoxy) is 3. The number of halogens is 1. The molecule has 4 aromatic rings. The second kappa shape index (κ2) is 10.6. The highest BCUT2D eigenvalue weighted by atomic mass is 35.5. The first-order valence-electron chi connectivity index (χ1n) is 11.8. The van der Waals surface area contributed by atoms with E-state index in [1.807, 2.05) is 36.4 Å². The maximum absolute atomic E-state index is 12.9. The summed E-state index contributed by atoms with van der Waals surface area (Å²) in [6.45, 7) is 6.65. The summed E-state index contributed by atoms with van der Waals surface area (Å²) in [5.41, 5.74) is 1.79. The van der Waals surface area contributed by atoms with Crippen LogP contribution in [0.2, 0.25) is 5.02 Å². The lowest BCUT2D eigenvalue weighted by Gasteiger charge is -2.26. The smallest absolute Gasteiger partial charge is 0.193 e. The van der Waals surface area contributed by atoms with Crippen LogP contribution >= 0.6 is 11.6 Å². The molecule has 36 heavy (non-hydrogen) atoms. The van der Waals surface area contributed by atoms with E-state index in [0.717, 1.165) is 43.3 Å². The van der Waals surface area contributed by atoms with Crippen LogP contribution < -0.4 is 14.9 Å². The Balaban J connectivity index is 1.26. The Morgan fingerprint density at radius 2 is 1.58 bits per heavy atom. The third kappa shape index (κ3) is 5.18. The van der Waals surface area contributed by atoms with Gasteiger partial charge in [-0.1, -0.05) is 11.6 Å². The summed E-state index contributed by atoms with van der Waals surface area (Å²) in [6.07, 6.45) is 0. The second-order valence-corrected chi connectivity index (χ2v) is 9.11. The molecular weight excluding hydrogens is 480 g/mol. The average Bonchev–Trinajstić information content (AvgIpc) is 2.90. The van der Waals surface area contributed by atoms with Crippen molar-refractivity contribution in [2.45, 2.75) is 6.92 Å². The van der Waals surface area contributed by atoms with E-state index in [9.17, 15) is 10.0 Å². The van der Waals surface area contributed by atoms with E-state index in [-0.39, 0.29) is 5.43 Å². The predicted octanol–water partition coefficient (Wildman–Crippen LogP) is 5.37. The molecule has 2 heterocycles. The van der Waals surface area contributed by atoms with Gasteiger partial charge in [-0.3, -0.25) is 9.69 Å². The zero-order chi connectivity index (χ0) is 25.1. The highest BCUT2D eigenvalue weighted by Crippen LogP contribution is 2.30. The van der Waals surface area contributed by atoms with Gasteiger partial charge >= 0.3 is 0 Å². The molecule has 0 amide bonds. The molecule has 3 aromatic carbocycles. The van der Waals surface area contributed by atoms with Crippen LogP contribution in [0.1, 0.15) is 5.56 Å². The van der Waals surface area contributed by atoms with Gasteiger partial charge in [0, 0.05) is 35.8 Å². The molecule has 0 saturated carbocycles. The highest BCUT2D eigenvalue weighted by Gasteiger charge is 2.16. The molecule has 1 aliphatic heterocycles. The summed E-state index contributed by atoms with van der Waals surface area (Å²) < 4.78 is 18.2. The summed E-state index contributed by atoms with van der Waals surface area (Å²) in [5.74, 6) is 2.11. The molecule has 1 aromatic heterocycles. The van der Waals surface area contributed by atoms with Crippen molar-refractivity contribution in [3.8, 4) is 28.5 Å². The number of fused-ring (bicyclic) bond motifs is 1. The Morgan fingerprint density at radius 1 is 0.944 bits per heavy atom. The number of rotatable bonds is 7. The standard InChI is InChI=1S/C28H27ClN2O5/c1-19-27(31(33)26-11-4-21(29)18-25(26)28(19)32)20-2-5-23(6-3-20)36-24-9-7-22(8-10-24)35-17-14-30-12-15-34-16-13-30/h2-11,18,33H,12-17H2,1H3. The molecular formula is C28H27ClN2O5. The predicted molar refractivity (Wildman–Crippen MR) is 140 cm³/mol. The SMILES string of the molecule is Cc1c(-c2ccc(Oc3ccc(OCCN4CCOCC4)cc3)cc2)n(O)c2ccc(Cl)cc2c1=O. The molecule has 0 bridgehead atoms. The van der Waals surface area contributed by atoms with Crippen LogP contribution in [0.15, 0.2) is 71.5 Å². The molecule has 0 radical (unpaired) electrons. The van der Waals surface area contributed by atoms with E-state index in [1.54, 1.807) is 37.3 Å². The monoisotopic (exact) mass is 506 g/mol. The van der Waals surface area contributed by atoms with Gasteiger partial charge in [0.05, 0.1) is 29.8 Å². The zero-order valence-electron chi connectivity index (χ0n) is 19.9. The van der Waals surface area contributed by atoms with Crippen molar-refractivity contribution >= 4 is 22.5 Å². The number of nitrogens with zero attached hydrogens (tertiary/aromatic N) is 2. The van der Waals surface area contributed by atoms with Crippen molar-refractivity contribution < 1.29 is 19.4 Å². The van der Waals surface area contributed by atoms with E-state index in [1.165, 1.54) is 0 Å². The fraction of sp³-hybridized carbons (Fsp3) is 0.250. The van der Waals surface area contributed by atoms with Crippen molar-refractivity contribution in [3.63, 3.8) is 0 Å². The molecule has 186 valence electrons. The highest BCUT2D eigenvalue weighted by molar-refractivity contribution is 6.31. The van der Waals surface area contributed by atoms with Crippen molar-refractivity contribution in [1.82, 2.24) is 9.63 Å². The Labute approximate surface area is 214 Å². The largest absolute Gasteiger partial charge is 0.492 e. The molecule has 0 unspecified atom stereocenters. The minimum Gasteiger partial charge on any atom is -0.492 e. The van der Waals surface area contributed by atoms with Crippen LogP contribution in [0.5, 0.6) is 17.2 Å². The summed E-state index contributed by atoms with van der Waals surface area (Å²) >= 11 is 6.04. The molecule has 1 saturated heterocycles. The molecule has 1 fully saturated rings. The first-order chi connectivity index (χ1) is 17.5. The van der Waals surface area contributed by atoms with Gasteiger partial charge in [0.1, 0.15) is 23.9 Å². The quantitative estimate of drug-likeness (QED) is 0.340. The zero-order valence-corrected chi connectivity index (χ0v) is 20.7. The maximum Gasteiger partial charge on any atom is 0.193 e. The van der Waals surface area contributed by atoms with E-state index in [2.05, 4.69) is 4.90 Å². The number of morpholine rings is 1. The first kappa shape index (κ1) is 24.2. The van der Waals surface area contributed by atoms with Gasteiger partial charge in [-0.15, -0.1) is 0 Å². The van der Waals surface area contributed by atoms with Crippen molar-refractivity contribution in [2.75, 3.05) is 39.5 Å². The number of hydrogen-bond donors (Lipinski definition) is 1. The number of hydrogen-bond acceptors (Lipinski definition) is 6. The van der Waals surface area contributed by atoms with E-state index in [4.69, 9.17) is 25.8 Å². The topological polar surface area (TPSA) is 73.2 Å². The van der Waals surface area contributed by atoms with E-state index >= 15 is 0 Å². The Kier molecular flexibility index (Phi) is 7.13. The normalized spacial score (nSPS) is 14.2. The third-order valence-electron chi connectivity index (χ3n) is 6.31. The van der Waals surface area contributed by atoms with Gasteiger partial charge in [-0.25, -0.2) is 0 Å². The molecule has 5 rings (SSSR count). The molecule has 7 nitrogen and oxygen atoms in total. The van der Waals surface area contributed by atoms with Gasteiger partial charge in [0.15, 0.2) is 5.43 Å².